The van der Waals surface area contributed by atoms with Gasteiger partial charge in [-0.3, -0.25) is 15.1 Å². The van der Waals surface area contributed by atoms with E-state index in [1.165, 1.54) is 6.07 Å². The predicted octanol–water partition coefficient (Wildman–Crippen LogP) is 2.77. The third kappa shape index (κ3) is 4.50. The summed E-state index contributed by atoms with van der Waals surface area (Å²) in [6, 6.07) is 8.23. The van der Waals surface area contributed by atoms with Gasteiger partial charge in [-0.2, -0.15) is 0 Å². The number of hydrogen-bond acceptors (Lipinski definition) is 6. The van der Waals surface area contributed by atoms with Gasteiger partial charge in [0.05, 0.1) is 17.6 Å². The molecule has 0 spiro atoms. The number of ether oxygens (including phenoxy) is 1. The zero-order chi connectivity index (χ0) is 17.5. The van der Waals surface area contributed by atoms with Crippen molar-refractivity contribution in [3.63, 3.8) is 0 Å². The van der Waals surface area contributed by atoms with E-state index in [0.717, 1.165) is 11.1 Å². The molecule has 0 aliphatic rings. The first kappa shape index (κ1) is 17.8. The van der Waals surface area contributed by atoms with Gasteiger partial charge in [0.15, 0.2) is 5.75 Å². The third-order valence-corrected chi connectivity index (χ3v) is 3.69. The maximum absolute atomic E-state index is 11.2. The Bertz CT molecular complexity index is 679. The normalized spacial score (nSPS) is 13.3. The Morgan fingerprint density at radius 2 is 2.00 bits per heavy atom. The molecule has 0 aliphatic carbocycles. The Balaban J connectivity index is 2.05. The van der Waals surface area contributed by atoms with Gasteiger partial charge < -0.3 is 15.2 Å². The van der Waals surface area contributed by atoms with E-state index >= 15 is 0 Å². The number of nitrogens with zero attached hydrogens (tertiary/aromatic N) is 2. The summed E-state index contributed by atoms with van der Waals surface area (Å²) in [5.41, 5.74) is 1.46. The Kier molecular flexibility index (Phi) is 6.22. The summed E-state index contributed by atoms with van der Waals surface area (Å²) in [5, 5.41) is 24.5. The van der Waals surface area contributed by atoms with Crippen LogP contribution in [0.25, 0.3) is 0 Å². The van der Waals surface area contributed by atoms with E-state index in [0.29, 0.717) is 13.2 Å². The molecule has 0 bridgehead atoms. The number of aliphatic hydroxyl groups is 1. The largest absolute Gasteiger partial charge is 0.487 e. The Labute approximate surface area is 140 Å². The molecule has 0 saturated carbocycles. The molecule has 0 radical (unpaired) electrons. The number of rotatable bonds is 8. The van der Waals surface area contributed by atoms with E-state index in [9.17, 15) is 15.2 Å². The molecule has 0 saturated heterocycles. The van der Waals surface area contributed by atoms with Gasteiger partial charge in [-0.1, -0.05) is 6.07 Å². The lowest BCUT2D eigenvalue weighted by Gasteiger charge is -2.18. The highest BCUT2D eigenvalue weighted by Gasteiger charge is 2.18. The Morgan fingerprint density at radius 1 is 1.29 bits per heavy atom. The first-order valence-corrected chi connectivity index (χ1v) is 7.75. The van der Waals surface area contributed by atoms with Gasteiger partial charge in [0.1, 0.15) is 0 Å². The maximum atomic E-state index is 11.2. The summed E-state index contributed by atoms with van der Waals surface area (Å²) in [6.45, 7) is 4.36. The van der Waals surface area contributed by atoms with Gasteiger partial charge >= 0.3 is 5.69 Å². The molecule has 2 rings (SSSR count). The Hall–Kier alpha value is -2.51. The molecule has 2 aromatic rings. The van der Waals surface area contributed by atoms with Gasteiger partial charge in [-0.25, -0.2) is 0 Å². The molecule has 1 aromatic heterocycles. The molecule has 0 aliphatic heterocycles. The van der Waals surface area contributed by atoms with Crippen molar-refractivity contribution in [1.29, 1.82) is 0 Å². The number of nitrogens with one attached hydrogen (secondary N) is 1. The van der Waals surface area contributed by atoms with Crippen LogP contribution in [0.2, 0.25) is 0 Å². The average Bonchev–Trinajstić information content (AvgIpc) is 2.60. The van der Waals surface area contributed by atoms with Crippen LogP contribution in [0.15, 0.2) is 42.7 Å². The number of pyridine rings is 1. The molecule has 1 heterocycles. The first-order valence-electron chi connectivity index (χ1n) is 7.75. The highest BCUT2D eigenvalue weighted by atomic mass is 16.6. The van der Waals surface area contributed by atoms with Crippen molar-refractivity contribution in [2.24, 2.45) is 0 Å². The van der Waals surface area contributed by atoms with Gasteiger partial charge in [0, 0.05) is 31.0 Å². The average molecular weight is 331 g/mol. The second kappa shape index (κ2) is 8.37. The lowest BCUT2D eigenvalue weighted by Crippen LogP contribution is -2.24. The summed E-state index contributed by atoms with van der Waals surface area (Å²) < 4.78 is 5.28. The Morgan fingerprint density at radius 3 is 2.62 bits per heavy atom. The predicted molar refractivity (Wildman–Crippen MR) is 89.9 cm³/mol. The van der Waals surface area contributed by atoms with Crippen LogP contribution < -0.4 is 10.1 Å². The second-order valence-corrected chi connectivity index (χ2v) is 5.34. The van der Waals surface area contributed by atoms with Gasteiger partial charge in [-0.15, -0.1) is 0 Å². The van der Waals surface area contributed by atoms with E-state index in [1.807, 2.05) is 6.92 Å². The second-order valence-electron chi connectivity index (χ2n) is 5.34. The molecule has 7 heteroatoms. The van der Waals surface area contributed by atoms with Crippen LogP contribution in [0.3, 0.4) is 0 Å². The summed E-state index contributed by atoms with van der Waals surface area (Å²) in [4.78, 5) is 14.6. The molecular weight excluding hydrogens is 310 g/mol. The summed E-state index contributed by atoms with van der Waals surface area (Å²) in [5.74, 6) is 0.260. The zero-order valence-electron chi connectivity index (χ0n) is 13.7. The smallest absolute Gasteiger partial charge is 0.311 e. The summed E-state index contributed by atoms with van der Waals surface area (Å²) in [6.07, 6.45) is 2.57. The van der Waals surface area contributed by atoms with E-state index in [2.05, 4.69) is 10.3 Å². The number of aliphatic hydroxyl groups excluding tert-OH is 1. The molecule has 0 fully saturated rings. The lowest BCUT2D eigenvalue weighted by atomic mass is 10.1. The van der Waals surface area contributed by atoms with E-state index < -0.39 is 11.0 Å². The molecule has 7 nitrogen and oxygen atoms in total. The van der Waals surface area contributed by atoms with Crippen molar-refractivity contribution in [2.75, 3.05) is 13.2 Å². The SMILES string of the molecule is CCOc1ccc(C(C)NCC(O)c2ccncc2)cc1[N+](=O)[O-]. The minimum atomic E-state index is -0.673. The maximum Gasteiger partial charge on any atom is 0.311 e. The van der Waals surface area contributed by atoms with Crippen LogP contribution in [0.1, 0.15) is 37.1 Å². The lowest BCUT2D eigenvalue weighted by molar-refractivity contribution is -0.385. The third-order valence-electron chi connectivity index (χ3n) is 3.69. The number of hydrogen-bond donors (Lipinski definition) is 2. The van der Waals surface area contributed by atoms with Crippen molar-refractivity contribution in [3.8, 4) is 5.75 Å². The monoisotopic (exact) mass is 331 g/mol. The zero-order valence-corrected chi connectivity index (χ0v) is 13.7. The van der Waals surface area contributed by atoms with Crippen LogP contribution in [-0.2, 0) is 0 Å². The van der Waals surface area contributed by atoms with Gasteiger partial charge in [0.25, 0.3) is 0 Å². The van der Waals surface area contributed by atoms with Crippen molar-refractivity contribution < 1.29 is 14.8 Å². The molecule has 24 heavy (non-hydrogen) atoms. The van der Waals surface area contributed by atoms with Crippen molar-refractivity contribution in [1.82, 2.24) is 10.3 Å². The van der Waals surface area contributed by atoms with Crippen LogP contribution in [0.4, 0.5) is 5.69 Å². The van der Waals surface area contributed by atoms with Gasteiger partial charge in [-0.05, 0) is 43.2 Å². The van der Waals surface area contributed by atoms with Crippen molar-refractivity contribution in [3.05, 3.63) is 64.0 Å². The molecule has 1 aromatic carbocycles. The number of nitro groups is 1. The molecular formula is C17H21N3O4. The van der Waals surface area contributed by atoms with E-state index in [4.69, 9.17) is 4.74 Å². The van der Waals surface area contributed by atoms with Crippen LogP contribution in [-0.4, -0.2) is 28.2 Å². The fourth-order valence-corrected chi connectivity index (χ4v) is 2.33. The summed E-state index contributed by atoms with van der Waals surface area (Å²) >= 11 is 0. The van der Waals surface area contributed by atoms with Crippen molar-refractivity contribution >= 4 is 5.69 Å². The number of aromatic nitrogens is 1. The van der Waals surface area contributed by atoms with Crippen LogP contribution >= 0.6 is 0 Å². The molecule has 2 unspecified atom stereocenters. The topological polar surface area (TPSA) is 97.5 Å². The molecule has 0 amide bonds. The molecule has 2 N–H and O–H groups in total. The van der Waals surface area contributed by atoms with Crippen molar-refractivity contribution in [2.45, 2.75) is 26.0 Å². The number of benzene rings is 1. The molecule has 2 atom stereocenters. The van der Waals surface area contributed by atoms with Crippen LogP contribution in [0, 0.1) is 10.1 Å². The molecule has 128 valence electrons. The quantitative estimate of drug-likeness (QED) is 0.570. The van der Waals surface area contributed by atoms with Crippen LogP contribution in [0.5, 0.6) is 5.75 Å². The van der Waals surface area contributed by atoms with E-state index in [1.54, 1.807) is 43.6 Å². The minimum absolute atomic E-state index is 0.0577. The van der Waals surface area contributed by atoms with E-state index in [-0.39, 0.29) is 17.5 Å². The minimum Gasteiger partial charge on any atom is -0.487 e. The number of nitro benzene ring substituents is 1. The summed E-state index contributed by atoms with van der Waals surface area (Å²) in [7, 11) is 0. The first-order chi connectivity index (χ1) is 11.5. The fourth-order valence-electron chi connectivity index (χ4n) is 2.33. The highest BCUT2D eigenvalue weighted by Crippen LogP contribution is 2.30. The fraction of sp³-hybridized carbons (Fsp3) is 0.353. The highest BCUT2D eigenvalue weighted by molar-refractivity contribution is 5.49. The standard InChI is InChI=1S/C17H21N3O4/c1-3-24-17-5-4-14(10-15(17)20(22)23)12(2)19-11-16(21)13-6-8-18-9-7-13/h4-10,12,16,19,21H,3,11H2,1-2H3. The van der Waals surface area contributed by atoms with Gasteiger partial charge in [0.2, 0.25) is 0 Å².